The summed E-state index contributed by atoms with van der Waals surface area (Å²) in [6, 6.07) is 8.93. The van der Waals surface area contributed by atoms with Gasteiger partial charge in [0.1, 0.15) is 6.04 Å². The summed E-state index contributed by atoms with van der Waals surface area (Å²) in [5, 5.41) is 4.88. The highest BCUT2D eigenvalue weighted by atomic mass is 32.1. The van der Waals surface area contributed by atoms with Gasteiger partial charge >= 0.3 is 0 Å². The molecule has 1 aromatic carbocycles. The first-order chi connectivity index (χ1) is 11.0. The van der Waals surface area contributed by atoms with Crippen LogP contribution in [0.2, 0.25) is 0 Å². The van der Waals surface area contributed by atoms with Crippen molar-refractivity contribution in [3.05, 3.63) is 57.3 Å². The Labute approximate surface area is 140 Å². The van der Waals surface area contributed by atoms with Crippen LogP contribution < -0.4 is 5.32 Å². The van der Waals surface area contributed by atoms with E-state index in [1.807, 2.05) is 30.0 Å². The molecule has 0 unspecified atom stereocenters. The Morgan fingerprint density at radius 1 is 1.30 bits per heavy atom. The van der Waals surface area contributed by atoms with Crippen LogP contribution in [0.3, 0.4) is 0 Å². The van der Waals surface area contributed by atoms with E-state index in [4.69, 9.17) is 0 Å². The standard InChI is InChI=1S/C18H20N2O2S/c1-12-4-3-5-14(10-12)17(21)19-13(2)18(22)20-8-6-16-15(11-20)7-9-23-16/h3-5,7,9-10,13H,6,8,11H2,1-2H3,(H,19,21)/t13-/m1/s1. The van der Waals surface area contributed by atoms with Gasteiger partial charge in [-0.3, -0.25) is 9.59 Å². The molecule has 5 heteroatoms. The maximum Gasteiger partial charge on any atom is 0.251 e. The molecular formula is C18H20N2O2S. The van der Waals surface area contributed by atoms with Crippen molar-refractivity contribution in [1.82, 2.24) is 10.2 Å². The number of aryl methyl sites for hydroxylation is 1. The molecule has 0 aliphatic carbocycles. The number of hydrogen-bond acceptors (Lipinski definition) is 3. The molecule has 1 aliphatic heterocycles. The van der Waals surface area contributed by atoms with Gasteiger partial charge in [-0.15, -0.1) is 11.3 Å². The monoisotopic (exact) mass is 328 g/mol. The number of carbonyl (C=O) groups excluding carboxylic acids is 2. The lowest BCUT2D eigenvalue weighted by Gasteiger charge is -2.29. The summed E-state index contributed by atoms with van der Waals surface area (Å²) in [5.74, 6) is -0.231. The molecular weight excluding hydrogens is 308 g/mol. The van der Waals surface area contributed by atoms with Crippen LogP contribution in [0.1, 0.15) is 33.3 Å². The average molecular weight is 328 g/mol. The summed E-state index contributed by atoms with van der Waals surface area (Å²) in [5.41, 5.74) is 2.84. The first-order valence-electron chi connectivity index (χ1n) is 7.76. The van der Waals surface area contributed by atoms with Crippen LogP contribution in [0.5, 0.6) is 0 Å². The summed E-state index contributed by atoms with van der Waals surface area (Å²) in [4.78, 5) is 28.0. The van der Waals surface area contributed by atoms with Crippen molar-refractivity contribution in [2.45, 2.75) is 32.9 Å². The summed E-state index contributed by atoms with van der Waals surface area (Å²) >= 11 is 1.75. The van der Waals surface area contributed by atoms with E-state index in [0.29, 0.717) is 12.1 Å². The van der Waals surface area contributed by atoms with Crippen LogP contribution in [0.15, 0.2) is 35.7 Å². The van der Waals surface area contributed by atoms with E-state index >= 15 is 0 Å². The zero-order valence-corrected chi connectivity index (χ0v) is 14.2. The van der Waals surface area contributed by atoms with E-state index < -0.39 is 6.04 Å². The van der Waals surface area contributed by atoms with E-state index in [-0.39, 0.29) is 11.8 Å². The number of carbonyl (C=O) groups is 2. The van der Waals surface area contributed by atoms with Gasteiger partial charge in [0.2, 0.25) is 5.91 Å². The predicted octanol–water partition coefficient (Wildman–Crippen LogP) is 2.76. The van der Waals surface area contributed by atoms with Crippen LogP contribution >= 0.6 is 11.3 Å². The number of hydrogen-bond donors (Lipinski definition) is 1. The van der Waals surface area contributed by atoms with Gasteiger partial charge in [-0.1, -0.05) is 17.7 Å². The highest BCUT2D eigenvalue weighted by Crippen LogP contribution is 2.24. The minimum Gasteiger partial charge on any atom is -0.341 e. The van der Waals surface area contributed by atoms with Crippen molar-refractivity contribution in [3.63, 3.8) is 0 Å². The fourth-order valence-electron chi connectivity index (χ4n) is 2.84. The van der Waals surface area contributed by atoms with E-state index in [1.165, 1.54) is 10.4 Å². The Balaban J connectivity index is 1.63. The minimum absolute atomic E-state index is 0.0251. The van der Waals surface area contributed by atoms with Crippen LogP contribution in [-0.4, -0.2) is 29.3 Å². The van der Waals surface area contributed by atoms with Gasteiger partial charge in [-0.05, 0) is 49.4 Å². The molecule has 3 rings (SSSR count). The Bertz CT molecular complexity index is 738. The Morgan fingerprint density at radius 3 is 2.91 bits per heavy atom. The molecule has 2 aromatic rings. The Hall–Kier alpha value is -2.14. The van der Waals surface area contributed by atoms with Gasteiger partial charge in [-0.25, -0.2) is 0 Å². The highest BCUT2D eigenvalue weighted by Gasteiger charge is 2.26. The van der Waals surface area contributed by atoms with Crippen LogP contribution in [0.25, 0.3) is 0 Å². The van der Waals surface area contributed by atoms with Crippen molar-refractivity contribution in [2.24, 2.45) is 0 Å². The maximum atomic E-state index is 12.6. The number of nitrogens with zero attached hydrogens (tertiary/aromatic N) is 1. The van der Waals surface area contributed by atoms with E-state index in [9.17, 15) is 9.59 Å². The maximum absolute atomic E-state index is 12.6. The molecule has 120 valence electrons. The van der Waals surface area contributed by atoms with E-state index in [0.717, 1.165) is 18.5 Å². The number of rotatable bonds is 3. The molecule has 2 heterocycles. The summed E-state index contributed by atoms with van der Waals surface area (Å²) in [7, 11) is 0. The second-order valence-corrected chi connectivity index (χ2v) is 6.94. The number of thiophene rings is 1. The van der Waals surface area contributed by atoms with Gasteiger partial charge in [-0.2, -0.15) is 0 Å². The van der Waals surface area contributed by atoms with Crippen LogP contribution in [-0.2, 0) is 17.8 Å². The number of benzene rings is 1. The first kappa shape index (κ1) is 15.7. The molecule has 0 fully saturated rings. The summed E-state index contributed by atoms with van der Waals surface area (Å²) in [6.07, 6.45) is 0.900. The van der Waals surface area contributed by atoms with Gasteiger partial charge < -0.3 is 10.2 Å². The molecule has 0 saturated heterocycles. The van der Waals surface area contributed by atoms with Gasteiger partial charge in [0, 0.05) is 23.5 Å². The Morgan fingerprint density at radius 2 is 2.13 bits per heavy atom. The first-order valence-corrected chi connectivity index (χ1v) is 8.64. The summed E-state index contributed by atoms with van der Waals surface area (Å²) in [6.45, 7) is 5.05. The van der Waals surface area contributed by atoms with Crippen molar-refractivity contribution in [2.75, 3.05) is 6.54 Å². The quantitative estimate of drug-likeness (QED) is 0.942. The lowest BCUT2D eigenvalue weighted by Crippen LogP contribution is -2.48. The van der Waals surface area contributed by atoms with Gasteiger partial charge in [0.15, 0.2) is 0 Å². The third kappa shape index (κ3) is 3.45. The highest BCUT2D eigenvalue weighted by molar-refractivity contribution is 7.10. The summed E-state index contributed by atoms with van der Waals surface area (Å²) < 4.78 is 0. The second kappa shape index (κ2) is 6.54. The van der Waals surface area contributed by atoms with Crippen LogP contribution in [0.4, 0.5) is 0 Å². The molecule has 2 amide bonds. The van der Waals surface area contributed by atoms with Crippen molar-refractivity contribution >= 4 is 23.2 Å². The molecule has 0 saturated carbocycles. The number of nitrogens with one attached hydrogen (secondary N) is 1. The SMILES string of the molecule is Cc1cccc(C(=O)N[C@H](C)C(=O)N2CCc3sccc3C2)c1. The molecule has 1 atom stereocenters. The lowest BCUT2D eigenvalue weighted by atomic mass is 10.1. The fourth-order valence-corrected chi connectivity index (χ4v) is 3.73. The lowest BCUT2D eigenvalue weighted by molar-refractivity contribution is -0.133. The van der Waals surface area contributed by atoms with Crippen LogP contribution in [0, 0.1) is 6.92 Å². The molecule has 1 N–H and O–H groups in total. The molecule has 4 nitrogen and oxygen atoms in total. The van der Waals surface area contributed by atoms with Gasteiger partial charge in [0.25, 0.3) is 5.91 Å². The molecule has 1 aliphatic rings. The number of amides is 2. The van der Waals surface area contributed by atoms with E-state index in [2.05, 4.69) is 16.8 Å². The van der Waals surface area contributed by atoms with E-state index in [1.54, 1.807) is 24.3 Å². The Kier molecular flexibility index (Phi) is 4.48. The third-order valence-corrected chi connectivity index (χ3v) is 5.14. The minimum atomic E-state index is -0.525. The normalized spacial score (nSPS) is 15.0. The van der Waals surface area contributed by atoms with Gasteiger partial charge in [0.05, 0.1) is 0 Å². The molecule has 23 heavy (non-hydrogen) atoms. The fraction of sp³-hybridized carbons (Fsp3) is 0.333. The average Bonchev–Trinajstić information content (AvgIpc) is 3.01. The van der Waals surface area contributed by atoms with Crippen molar-refractivity contribution < 1.29 is 9.59 Å². The largest absolute Gasteiger partial charge is 0.341 e. The molecule has 0 spiro atoms. The van der Waals surface area contributed by atoms with Crippen molar-refractivity contribution in [3.8, 4) is 0 Å². The predicted molar refractivity (Wildman–Crippen MR) is 91.5 cm³/mol. The molecule has 0 bridgehead atoms. The zero-order chi connectivity index (χ0) is 16.4. The molecule has 0 radical (unpaired) electrons. The second-order valence-electron chi connectivity index (χ2n) is 5.94. The topological polar surface area (TPSA) is 49.4 Å². The zero-order valence-electron chi connectivity index (χ0n) is 13.3. The smallest absolute Gasteiger partial charge is 0.251 e. The van der Waals surface area contributed by atoms with Crippen molar-refractivity contribution in [1.29, 1.82) is 0 Å². The number of fused-ring (bicyclic) bond motifs is 1. The molecule has 1 aromatic heterocycles. The third-order valence-electron chi connectivity index (χ3n) is 4.12.